The largest absolute Gasteiger partial charge is 0.490 e. The molecule has 30 heavy (non-hydrogen) atoms. The molecule has 162 valence electrons. The molecule has 0 aliphatic carbocycles. The normalized spacial score (nSPS) is 14.6. The van der Waals surface area contributed by atoms with Gasteiger partial charge in [0.1, 0.15) is 12.4 Å². The molecule has 0 saturated carbocycles. The number of ether oxygens (including phenoxy) is 2. The highest BCUT2D eigenvalue weighted by Crippen LogP contribution is 2.25. The zero-order valence-electron chi connectivity index (χ0n) is 18.3. The predicted octanol–water partition coefficient (Wildman–Crippen LogP) is 3.80. The number of benzene rings is 2. The van der Waals surface area contributed by atoms with E-state index in [1.54, 1.807) is 6.07 Å². The van der Waals surface area contributed by atoms with Crippen molar-refractivity contribution in [2.75, 3.05) is 62.8 Å². The molecule has 6 nitrogen and oxygen atoms in total. The highest BCUT2D eigenvalue weighted by atomic mass is 16.5. The van der Waals surface area contributed by atoms with Gasteiger partial charge in [0.15, 0.2) is 0 Å². The molecule has 0 atom stereocenters. The molecule has 1 saturated heterocycles. The van der Waals surface area contributed by atoms with Gasteiger partial charge in [0.05, 0.1) is 12.2 Å². The summed E-state index contributed by atoms with van der Waals surface area (Å²) in [6, 6.07) is 13.5. The summed E-state index contributed by atoms with van der Waals surface area (Å²) >= 11 is 0. The van der Waals surface area contributed by atoms with E-state index in [0.717, 1.165) is 44.0 Å². The average molecular weight is 412 g/mol. The van der Waals surface area contributed by atoms with Crippen LogP contribution in [0.4, 0.5) is 11.4 Å². The second-order valence-corrected chi connectivity index (χ2v) is 7.42. The summed E-state index contributed by atoms with van der Waals surface area (Å²) in [4.78, 5) is 17.8. The Morgan fingerprint density at radius 2 is 1.80 bits per heavy atom. The first kappa shape index (κ1) is 22.1. The lowest BCUT2D eigenvalue weighted by molar-refractivity contribution is 0.0998. The summed E-state index contributed by atoms with van der Waals surface area (Å²) in [5.74, 6) is 0.396. The summed E-state index contributed by atoms with van der Waals surface area (Å²) in [5, 5.41) is 3.04. The lowest BCUT2D eigenvalue weighted by atomic mass is 10.1. The molecule has 1 fully saturated rings. The molecule has 6 heteroatoms. The van der Waals surface area contributed by atoms with Gasteiger partial charge in [-0.3, -0.25) is 4.79 Å². The molecule has 0 spiro atoms. The number of amides is 1. The van der Waals surface area contributed by atoms with Crippen molar-refractivity contribution in [3.63, 3.8) is 0 Å². The van der Waals surface area contributed by atoms with E-state index in [1.807, 2.05) is 38.1 Å². The van der Waals surface area contributed by atoms with Gasteiger partial charge in [-0.25, -0.2) is 0 Å². The van der Waals surface area contributed by atoms with Crippen molar-refractivity contribution in [1.82, 2.24) is 4.90 Å². The van der Waals surface area contributed by atoms with Gasteiger partial charge in [-0.2, -0.15) is 0 Å². The van der Waals surface area contributed by atoms with Crippen LogP contribution in [0.2, 0.25) is 0 Å². The second-order valence-electron chi connectivity index (χ2n) is 7.42. The lowest BCUT2D eigenvalue weighted by Crippen LogP contribution is -2.46. The zero-order chi connectivity index (χ0) is 21.3. The summed E-state index contributed by atoms with van der Waals surface area (Å²) in [6.45, 7) is 13.1. The summed E-state index contributed by atoms with van der Waals surface area (Å²) < 4.78 is 11.1. The number of anilines is 2. The summed E-state index contributed by atoms with van der Waals surface area (Å²) in [5.41, 5.74) is 3.60. The molecule has 3 rings (SSSR count). The number of nitrogens with one attached hydrogen (secondary N) is 1. The van der Waals surface area contributed by atoms with Crippen LogP contribution in [-0.2, 0) is 4.74 Å². The molecule has 0 radical (unpaired) electrons. The topological polar surface area (TPSA) is 54.0 Å². The Labute approximate surface area is 179 Å². The Kier molecular flexibility index (Phi) is 8.11. The van der Waals surface area contributed by atoms with Gasteiger partial charge in [-0.1, -0.05) is 19.1 Å². The average Bonchev–Trinajstić information content (AvgIpc) is 2.78. The zero-order valence-corrected chi connectivity index (χ0v) is 18.3. The Morgan fingerprint density at radius 3 is 2.50 bits per heavy atom. The van der Waals surface area contributed by atoms with Crippen molar-refractivity contribution < 1.29 is 14.3 Å². The van der Waals surface area contributed by atoms with Crippen molar-refractivity contribution >= 4 is 17.3 Å². The van der Waals surface area contributed by atoms with E-state index in [0.29, 0.717) is 31.1 Å². The minimum atomic E-state index is -0.172. The van der Waals surface area contributed by atoms with Crippen molar-refractivity contribution in [1.29, 1.82) is 0 Å². The summed E-state index contributed by atoms with van der Waals surface area (Å²) in [6.07, 6.45) is 0. The first-order valence-electron chi connectivity index (χ1n) is 10.8. The third-order valence-corrected chi connectivity index (χ3v) is 5.46. The number of carbonyl (C=O) groups excluding carboxylic acids is 1. The van der Waals surface area contributed by atoms with Gasteiger partial charge in [0, 0.05) is 44.2 Å². The third kappa shape index (κ3) is 5.74. The van der Waals surface area contributed by atoms with Crippen LogP contribution >= 0.6 is 0 Å². The van der Waals surface area contributed by atoms with Gasteiger partial charge in [0.2, 0.25) is 0 Å². The highest BCUT2D eigenvalue weighted by Gasteiger charge is 2.17. The number of hydrogen-bond donors (Lipinski definition) is 1. The number of nitrogens with zero attached hydrogens (tertiary/aromatic N) is 2. The standard InChI is InChI=1S/C24H33N3O3/c1-4-26-12-14-27(15-13-26)20-10-11-22(19(3)18-20)25-24(28)21-8-6-7-9-23(21)30-17-16-29-5-2/h6-11,18H,4-5,12-17H2,1-3H3,(H,25,28). The SMILES string of the molecule is CCOCCOc1ccccc1C(=O)Nc1ccc(N2CCN(CC)CC2)cc1C. The van der Waals surface area contributed by atoms with Crippen LogP contribution < -0.4 is 15.0 Å². The fourth-order valence-corrected chi connectivity index (χ4v) is 3.63. The Hall–Kier alpha value is -2.57. The van der Waals surface area contributed by atoms with Crippen molar-refractivity contribution in [2.24, 2.45) is 0 Å². The minimum Gasteiger partial charge on any atom is -0.490 e. The quantitative estimate of drug-likeness (QED) is 0.636. The first-order valence-corrected chi connectivity index (χ1v) is 10.8. The maximum Gasteiger partial charge on any atom is 0.259 e. The molecule has 1 heterocycles. The summed E-state index contributed by atoms with van der Waals surface area (Å²) in [7, 11) is 0. The molecule has 1 amide bonds. The van der Waals surface area contributed by atoms with Crippen LogP contribution in [0.3, 0.4) is 0 Å². The molecular formula is C24H33N3O3. The van der Waals surface area contributed by atoms with E-state index in [1.165, 1.54) is 5.69 Å². The first-order chi connectivity index (χ1) is 14.6. The number of aryl methyl sites for hydroxylation is 1. The molecule has 0 unspecified atom stereocenters. The Bertz CT molecular complexity index is 832. The number of piperazine rings is 1. The molecular weight excluding hydrogens is 378 g/mol. The van der Waals surface area contributed by atoms with Crippen LogP contribution in [0.1, 0.15) is 29.8 Å². The fraction of sp³-hybridized carbons (Fsp3) is 0.458. The van der Waals surface area contributed by atoms with Gasteiger partial charge in [-0.05, 0) is 56.3 Å². The number of para-hydroxylation sites is 1. The molecule has 0 aromatic heterocycles. The van der Waals surface area contributed by atoms with E-state index in [4.69, 9.17) is 9.47 Å². The smallest absolute Gasteiger partial charge is 0.259 e. The molecule has 1 N–H and O–H groups in total. The van der Waals surface area contributed by atoms with E-state index in [-0.39, 0.29) is 5.91 Å². The van der Waals surface area contributed by atoms with Gasteiger partial charge < -0.3 is 24.6 Å². The molecule has 0 bridgehead atoms. The molecule has 1 aliphatic heterocycles. The minimum absolute atomic E-state index is 0.172. The fourth-order valence-electron chi connectivity index (χ4n) is 3.63. The van der Waals surface area contributed by atoms with Crippen molar-refractivity contribution in [3.8, 4) is 5.75 Å². The van der Waals surface area contributed by atoms with E-state index in [2.05, 4.69) is 34.2 Å². The third-order valence-electron chi connectivity index (χ3n) is 5.46. The maximum absolute atomic E-state index is 12.9. The molecule has 1 aliphatic rings. The Balaban J connectivity index is 1.64. The van der Waals surface area contributed by atoms with E-state index < -0.39 is 0 Å². The number of likely N-dealkylation sites (N-methyl/N-ethyl adjacent to an activating group) is 1. The Morgan fingerprint density at radius 1 is 1.03 bits per heavy atom. The van der Waals surface area contributed by atoms with Crippen LogP contribution in [0.25, 0.3) is 0 Å². The van der Waals surface area contributed by atoms with E-state index in [9.17, 15) is 4.79 Å². The van der Waals surface area contributed by atoms with Crippen LogP contribution in [0.15, 0.2) is 42.5 Å². The number of hydrogen-bond acceptors (Lipinski definition) is 5. The van der Waals surface area contributed by atoms with Crippen LogP contribution in [0.5, 0.6) is 5.75 Å². The van der Waals surface area contributed by atoms with Crippen LogP contribution in [0, 0.1) is 6.92 Å². The highest BCUT2D eigenvalue weighted by molar-refractivity contribution is 6.06. The monoisotopic (exact) mass is 411 g/mol. The second kappa shape index (κ2) is 11.0. The van der Waals surface area contributed by atoms with Crippen molar-refractivity contribution in [3.05, 3.63) is 53.6 Å². The number of carbonyl (C=O) groups is 1. The van der Waals surface area contributed by atoms with E-state index >= 15 is 0 Å². The maximum atomic E-state index is 12.9. The lowest BCUT2D eigenvalue weighted by Gasteiger charge is -2.35. The van der Waals surface area contributed by atoms with Gasteiger partial charge in [-0.15, -0.1) is 0 Å². The van der Waals surface area contributed by atoms with Gasteiger partial charge >= 0.3 is 0 Å². The van der Waals surface area contributed by atoms with Gasteiger partial charge in [0.25, 0.3) is 5.91 Å². The predicted molar refractivity (Wildman–Crippen MR) is 122 cm³/mol. The molecule has 2 aromatic carbocycles. The number of rotatable bonds is 9. The molecule has 2 aromatic rings. The van der Waals surface area contributed by atoms with Crippen molar-refractivity contribution in [2.45, 2.75) is 20.8 Å². The van der Waals surface area contributed by atoms with Crippen LogP contribution in [-0.4, -0.2) is 63.4 Å².